The molecule has 1 unspecified atom stereocenters. The number of alkyl carbamates (subject to hydrolysis) is 1. The predicted molar refractivity (Wildman–Crippen MR) is 184 cm³/mol. The Morgan fingerprint density at radius 2 is 1.52 bits per heavy atom. The zero-order valence-electron chi connectivity index (χ0n) is 28.2. The fraction of sp³-hybridized carbons (Fsp3) is 0.459. The Kier molecular flexibility index (Phi) is 11.6. The molecule has 1 radical (unpaired) electrons. The van der Waals surface area contributed by atoms with E-state index in [0.717, 1.165) is 36.1 Å². The molecule has 46 heavy (non-hydrogen) atoms. The van der Waals surface area contributed by atoms with Crippen LogP contribution in [0.25, 0.3) is 0 Å². The Morgan fingerprint density at radius 3 is 2.13 bits per heavy atom. The molecule has 1 heterocycles. The van der Waals surface area contributed by atoms with E-state index in [2.05, 4.69) is 67.6 Å². The normalized spacial score (nSPS) is 17.7. The van der Waals surface area contributed by atoms with Gasteiger partial charge in [-0.15, -0.1) is 0 Å². The first-order valence-electron chi connectivity index (χ1n) is 16.2. The van der Waals surface area contributed by atoms with Crippen LogP contribution in [-0.4, -0.2) is 50.1 Å². The number of benzene rings is 2. The van der Waals surface area contributed by atoms with Crippen LogP contribution >= 0.6 is 0 Å². The molecule has 2 N–H and O–H groups in total. The second kappa shape index (κ2) is 15.2. The van der Waals surface area contributed by atoms with Crippen molar-refractivity contribution >= 4 is 43.0 Å². The highest BCUT2D eigenvalue weighted by molar-refractivity contribution is 6.80. The molecule has 0 aliphatic heterocycles. The quantitative estimate of drug-likeness (QED) is 0.206. The number of hydrogen-bond donors (Lipinski definition) is 2. The summed E-state index contributed by atoms with van der Waals surface area (Å²) in [5, 5.41) is 7.75. The number of anilines is 1. The molecule has 0 saturated heterocycles. The van der Waals surface area contributed by atoms with Crippen LogP contribution in [0.3, 0.4) is 0 Å². The number of ether oxygens (including phenoxy) is 1. The summed E-state index contributed by atoms with van der Waals surface area (Å²) in [6.45, 7) is 14.0. The van der Waals surface area contributed by atoms with Gasteiger partial charge in [0, 0.05) is 11.8 Å². The van der Waals surface area contributed by atoms with Gasteiger partial charge in [0.25, 0.3) is 9.04 Å². The van der Waals surface area contributed by atoms with E-state index in [1.807, 2.05) is 30.3 Å². The lowest BCUT2D eigenvalue weighted by Crippen LogP contribution is -2.50. The lowest BCUT2D eigenvalue weighted by molar-refractivity contribution is -0.119. The van der Waals surface area contributed by atoms with Gasteiger partial charge in [-0.05, 0) is 78.9 Å². The molecule has 0 spiro atoms. The molecule has 245 valence electrons. The van der Waals surface area contributed by atoms with E-state index >= 15 is 0 Å². The second-order valence-electron chi connectivity index (χ2n) is 14.3. The number of ketones is 1. The monoisotopic (exact) mass is 642 g/mol. The molecule has 1 saturated carbocycles. The minimum atomic E-state index is -1.70. The Balaban J connectivity index is 1.47. The maximum atomic E-state index is 13.6. The molecule has 9 heteroatoms. The first-order chi connectivity index (χ1) is 21.7. The molecule has 1 aliphatic carbocycles. The number of pyridine rings is 1. The maximum absolute atomic E-state index is 13.6. The van der Waals surface area contributed by atoms with Crippen molar-refractivity contribution in [2.45, 2.75) is 91.2 Å². The minimum absolute atomic E-state index is 0.0297. The minimum Gasteiger partial charge on any atom is -0.444 e. The smallest absolute Gasteiger partial charge is 0.408 e. The highest BCUT2D eigenvalue weighted by Crippen LogP contribution is 2.31. The molecule has 8 nitrogen and oxygen atoms in total. The topological polar surface area (TPSA) is 107 Å². The molecular formula is C37H48N3O5Si. The first-order valence-corrected chi connectivity index (χ1v) is 17.6. The molecule has 1 aromatic heterocycles. The molecule has 1 atom stereocenters. The van der Waals surface area contributed by atoms with E-state index in [-0.39, 0.29) is 35.4 Å². The highest BCUT2D eigenvalue weighted by Gasteiger charge is 2.34. The summed E-state index contributed by atoms with van der Waals surface area (Å²) in [7, 11) is -1.70. The number of amides is 2. The maximum Gasteiger partial charge on any atom is 0.408 e. The number of carbonyl (C=O) groups is 3. The standard InChI is InChI=1S/C37H48N3O5Si/c1-25-13-15-26(16-14-25)33(40-35(43)45-37(5,6)7)34(42)39-32-23-27(21-22-38-32)31(41)24-44-46(29-11-9-8-10-12-29)30-19-17-28(18-20-30)36(2,3)4/h8-12,17-23,25-26,33H,13-16,24H2,1-7H3,(H,40,43)(H,38,39,42). The lowest BCUT2D eigenvalue weighted by Gasteiger charge is -2.32. The summed E-state index contributed by atoms with van der Waals surface area (Å²) in [4.78, 5) is 43.9. The van der Waals surface area contributed by atoms with E-state index in [0.29, 0.717) is 11.5 Å². The fourth-order valence-corrected chi connectivity index (χ4v) is 7.50. The van der Waals surface area contributed by atoms with E-state index in [1.54, 1.807) is 32.9 Å². The van der Waals surface area contributed by atoms with Crippen molar-refractivity contribution in [3.63, 3.8) is 0 Å². The molecule has 2 amide bonds. The van der Waals surface area contributed by atoms with Gasteiger partial charge >= 0.3 is 6.09 Å². The number of Topliss-reactive ketones (excluding diaryl/α,β-unsaturated/α-hetero) is 1. The Labute approximate surface area is 275 Å². The van der Waals surface area contributed by atoms with Gasteiger partial charge in [-0.2, -0.15) is 0 Å². The van der Waals surface area contributed by atoms with E-state index in [4.69, 9.17) is 9.16 Å². The van der Waals surface area contributed by atoms with E-state index in [9.17, 15) is 14.4 Å². The largest absolute Gasteiger partial charge is 0.444 e. The van der Waals surface area contributed by atoms with Crippen molar-refractivity contribution in [1.29, 1.82) is 0 Å². The van der Waals surface area contributed by atoms with Gasteiger partial charge in [0.15, 0.2) is 5.78 Å². The van der Waals surface area contributed by atoms with Gasteiger partial charge in [-0.3, -0.25) is 9.59 Å². The average molecular weight is 643 g/mol. The number of hydrogen-bond acceptors (Lipinski definition) is 6. The van der Waals surface area contributed by atoms with Gasteiger partial charge in [-0.1, -0.05) is 95.1 Å². The van der Waals surface area contributed by atoms with Crippen LogP contribution in [-0.2, 0) is 19.4 Å². The van der Waals surface area contributed by atoms with Crippen molar-refractivity contribution in [2.75, 3.05) is 11.9 Å². The number of aromatic nitrogens is 1. The Hall–Kier alpha value is -3.82. The summed E-state index contributed by atoms with van der Waals surface area (Å²) in [6.07, 6.45) is 4.48. The molecule has 3 aromatic rings. The van der Waals surface area contributed by atoms with Crippen molar-refractivity contribution in [3.05, 3.63) is 84.1 Å². The van der Waals surface area contributed by atoms with Crippen LogP contribution in [0.4, 0.5) is 10.6 Å². The van der Waals surface area contributed by atoms with Crippen molar-refractivity contribution in [2.24, 2.45) is 11.8 Å². The van der Waals surface area contributed by atoms with Crippen LogP contribution in [0.15, 0.2) is 72.9 Å². The highest BCUT2D eigenvalue weighted by atomic mass is 28.3. The molecular weight excluding hydrogens is 595 g/mol. The number of carbonyl (C=O) groups excluding carboxylic acids is 3. The summed E-state index contributed by atoms with van der Waals surface area (Å²) >= 11 is 0. The van der Waals surface area contributed by atoms with Gasteiger partial charge in [-0.25, -0.2) is 9.78 Å². The van der Waals surface area contributed by atoms with Crippen LogP contribution in [0.1, 0.15) is 90.1 Å². The summed E-state index contributed by atoms with van der Waals surface area (Å²) in [6, 6.07) is 20.8. The zero-order valence-corrected chi connectivity index (χ0v) is 29.2. The molecule has 1 aliphatic rings. The molecule has 2 aromatic carbocycles. The number of rotatable bonds is 10. The third-order valence-corrected chi connectivity index (χ3v) is 10.4. The van der Waals surface area contributed by atoms with Crippen LogP contribution < -0.4 is 21.0 Å². The predicted octanol–water partition coefficient (Wildman–Crippen LogP) is 6.04. The molecule has 1 fully saturated rings. The zero-order chi connectivity index (χ0) is 33.5. The van der Waals surface area contributed by atoms with Gasteiger partial charge in [0.2, 0.25) is 5.91 Å². The van der Waals surface area contributed by atoms with Gasteiger partial charge < -0.3 is 19.8 Å². The van der Waals surface area contributed by atoms with Crippen molar-refractivity contribution < 1.29 is 23.5 Å². The Morgan fingerprint density at radius 1 is 0.891 bits per heavy atom. The first kappa shape index (κ1) is 35.0. The third kappa shape index (κ3) is 10.1. The van der Waals surface area contributed by atoms with Gasteiger partial charge in [0.05, 0.1) is 6.61 Å². The Bertz CT molecular complexity index is 1470. The SMILES string of the molecule is CC1CCC(C(NC(=O)OC(C)(C)C)C(=O)Nc2cc(C(=O)CO[Si](c3ccccc3)c3ccc(C(C)(C)C)cc3)ccn2)CC1. The van der Waals surface area contributed by atoms with Crippen LogP contribution in [0.2, 0.25) is 0 Å². The number of nitrogens with one attached hydrogen (secondary N) is 2. The van der Waals surface area contributed by atoms with E-state index < -0.39 is 26.8 Å². The van der Waals surface area contributed by atoms with Crippen LogP contribution in [0.5, 0.6) is 0 Å². The summed E-state index contributed by atoms with van der Waals surface area (Å²) < 4.78 is 11.8. The average Bonchev–Trinajstić information content (AvgIpc) is 3.00. The third-order valence-electron chi connectivity index (χ3n) is 8.22. The fourth-order valence-electron chi connectivity index (χ4n) is 5.59. The summed E-state index contributed by atoms with van der Waals surface area (Å²) in [5.41, 5.74) is 0.951. The van der Waals surface area contributed by atoms with Gasteiger partial charge in [0.1, 0.15) is 17.5 Å². The van der Waals surface area contributed by atoms with E-state index in [1.165, 1.54) is 11.8 Å². The van der Waals surface area contributed by atoms with Crippen LogP contribution in [0, 0.1) is 11.8 Å². The molecule has 0 bridgehead atoms. The lowest BCUT2D eigenvalue weighted by atomic mass is 9.79. The number of nitrogens with zero attached hydrogens (tertiary/aromatic N) is 1. The molecule has 4 rings (SSSR count). The van der Waals surface area contributed by atoms with Crippen molar-refractivity contribution in [3.8, 4) is 0 Å². The van der Waals surface area contributed by atoms with Crippen molar-refractivity contribution in [1.82, 2.24) is 10.3 Å². The second-order valence-corrected chi connectivity index (χ2v) is 16.4. The summed E-state index contributed by atoms with van der Waals surface area (Å²) in [5.74, 6) is 0.194.